The molecule has 0 spiro atoms. The van der Waals surface area contributed by atoms with Gasteiger partial charge >= 0.3 is 0 Å². The third-order valence-corrected chi connectivity index (χ3v) is 3.50. The van der Waals surface area contributed by atoms with Crippen LogP contribution < -0.4 is 0 Å². The van der Waals surface area contributed by atoms with E-state index in [1.165, 1.54) is 38.0 Å². The van der Waals surface area contributed by atoms with Gasteiger partial charge in [-0.1, -0.05) is 20.8 Å². The summed E-state index contributed by atoms with van der Waals surface area (Å²) in [6.07, 6.45) is 4.15. The van der Waals surface area contributed by atoms with Gasteiger partial charge in [0.25, 0.3) is 0 Å². The van der Waals surface area contributed by atoms with Crippen LogP contribution in [0.1, 0.15) is 53.9 Å². The number of hydrogen-bond acceptors (Lipinski definition) is 1. The fourth-order valence-corrected chi connectivity index (χ4v) is 2.01. The molecule has 0 aromatic rings. The van der Waals surface area contributed by atoms with Crippen molar-refractivity contribution < 1.29 is 0 Å². The summed E-state index contributed by atoms with van der Waals surface area (Å²) >= 11 is 0. The van der Waals surface area contributed by atoms with Crippen LogP contribution in [-0.2, 0) is 0 Å². The zero-order valence-corrected chi connectivity index (χ0v) is 10.5. The van der Waals surface area contributed by atoms with Crippen LogP contribution in [0.5, 0.6) is 0 Å². The Labute approximate surface area is 89.2 Å². The molecular weight excluding hydrogens is 170 g/mol. The summed E-state index contributed by atoms with van der Waals surface area (Å²) in [5.41, 5.74) is 3.37. The summed E-state index contributed by atoms with van der Waals surface area (Å²) in [6.45, 7) is 14.0. The van der Waals surface area contributed by atoms with E-state index in [2.05, 4.69) is 39.5 Å². The summed E-state index contributed by atoms with van der Waals surface area (Å²) in [7, 11) is 0. The Morgan fingerprint density at radius 1 is 0.929 bits per heavy atom. The summed E-state index contributed by atoms with van der Waals surface area (Å²) in [5.74, 6) is 0. The van der Waals surface area contributed by atoms with Gasteiger partial charge in [-0.15, -0.1) is 0 Å². The highest BCUT2D eigenvalue weighted by atomic mass is 15.1. The number of piperidine rings is 1. The minimum Gasteiger partial charge on any atom is -0.375 e. The standard InChI is InChI=1S/C13H25N/c1-11(13(3,4)5)12(2)14-9-7-6-8-10-14/h6-10H2,1-5H3. The third kappa shape index (κ3) is 2.76. The van der Waals surface area contributed by atoms with Crippen molar-refractivity contribution in [2.75, 3.05) is 13.1 Å². The lowest BCUT2D eigenvalue weighted by molar-refractivity contribution is 0.276. The molecule has 0 unspecified atom stereocenters. The smallest absolute Gasteiger partial charge is 0.0174 e. The molecule has 1 heteroatoms. The molecule has 0 amide bonds. The Morgan fingerprint density at radius 2 is 1.43 bits per heavy atom. The number of nitrogens with zero attached hydrogens (tertiary/aromatic N) is 1. The first-order chi connectivity index (χ1) is 6.43. The Hall–Kier alpha value is -0.460. The molecule has 0 aliphatic carbocycles. The number of hydrogen-bond donors (Lipinski definition) is 0. The van der Waals surface area contributed by atoms with Gasteiger partial charge in [0.2, 0.25) is 0 Å². The first kappa shape index (κ1) is 11.6. The van der Waals surface area contributed by atoms with Crippen molar-refractivity contribution >= 4 is 0 Å². The highest BCUT2D eigenvalue weighted by Gasteiger charge is 2.19. The second kappa shape index (κ2) is 4.37. The first-order valence-electron chi connectivity index (χ1n) is 5.86. The zero-order valence-electron chi connectivity index (χ0n) is 10.5. The predicted octanol–water partition coefficient (Wildman–Crippen LogP) is 3.81. The van der Waals surface area contributed by atoms with E-state index >= 15 is 0 Å². The third-order valence-electron chi connectivity index (χ3n) is 3.50. The Balaban J connectivity index is 2.74. The van der Waals surface area contributed by atoms with Gasteiger partial charge in [0.05, 0.1) is 0 Å². The van der Waals surface area contributed by atoms with Crippen LogP contribution >= 0.6 is 0 Å². The SMILES string of the molecule is CC(=C(C)C(C)(C)C)N1CCCCC1. The molecule has 0 bridgehead atoms. The summed E-state index contributed by atoms with van der Waals surface area (Å²) < 4.78 is 0. The van der Waals surface area contributed by atoms with Gasteiger partial charge < -0.3 is 4.90 Å². The van der Waals surface area contributed by atoms with Crippen molar-refractivity contribution in [3.63, 3.8) is 0 Å². The lowest BCUT2D eigenvalue weighted by atomic mass is 9.86. The van der Waals surface area contributed by atoms with Crippen LogP contribution in [0.25, 0.3) is 0 Å². The zero-order chi connectivity index (χ0) is 10.8. The lowest BCUT2D eigenvalue weighted by Crippen LogP contribution is -2.30. The second-order valence-electron chi connectivity index (χ2n) is 5.51. The van der Waals surface area contributed by atoms with Crippen LogP contribution in [0.3, 0.4) is 0 Å². The normalized spacial score (nSPS) is 20.8. The quantitative estimate of drug-likeness (QED) is 0.615. The van der Waals surface area contributed by atoms with Crippen molar-refractivity contribution in [3.05, 3.63) is 11.3 Å². The van der Waals surface area contributed by atoms with E-state index in [4.69, 9.17) is 0 Å². The van der Waals surface area contributed by atoms with Gasteiger partial charge in [0.15, 0.2) is 0 Å². The number of allylic oxidation sites excluding steroid dienone is 2. The van der Waals surface area contributed by atoms with E-state index in [9.17, 15) is 0 Å². The Bertz CT molecular complexity index is 214. The summed E-state index contributed by atoms with van der Waals surface area (Å²) in [4.78, 5) is 2.56. The van der Waals surface area contributed by atoms with E-state index in [-0.39, 0.29) is 0 Å². The monoisotopic (exact) mass is 195 g/mol. The van der Waals surface area contributed by atoms with Crippen LogP contribution in [0, 0.1) is 5.41 Å². The van der Waals surface area contributed by atoms with E-state index in [1.54, 1.807) is 5.57 Å². The maximum absolute atomic E-state index is 2.56. The fraction of sp³-hybridized carbons (Fsp3) is 0.846. The first-order valence-corrected chi connectivity index (χ1v) is 5.86. The average Bonchev–Trinajstić information content (AvgIpc) is 2.15. The molecular formula is C13H25N. The maximum Gasteiger partial charge on any atom is 0.0174 e. The van der Waals surface area contributed by atoms with Crippen LogP contribution in [-0.4, -0.2) is 18.0 Å². The average molecular weight is 195 g/mol. The molecule has 0 saturated carbocycles. The van der Waals surface area contributed by atoms with Crippen molar-refractivity contribution in [2.24, 2.45) is 5.41 Å². The van der Waals surface area contributed by atoms with E-state index in [1.807, 2.05) is 0 Å². The fourth-order valence-electron chi connectivity index (χ4n) is 2.01. The molecule has 0 N–H and O–H groups in total. The van der Waals surface area contributed by atoms with Crippen molar-refractivity contribution in [1.82, 2.24) is 4.90 Å². The molecule has 0 atom stereocenters. The van der Waals surface area contributed by atoms with Gasteiger partial charge in [-0.2, -0.15) is 0 Å². The lowest BCUT2D eigenvalue weighted by Gasteiger charge is -2.34. The molecule has 1 fully saturated rings. The van der Waals surface area contributed by atoms with Crippen LogP contribution in [0.2, 0.25) is 0 Å². The molecule has 0 aromatic carbocycles. The van der Waals surface area contributed by atoms with Crippen molar-refractivity contribution in [2.45, 2.75) is 53.9 Å². The van der Waals surface area contributed by atoms with Gasteiger partial charge in [-0.25, -0.2) is 0 Å². The van der Waals surface area contributed by atoms with Gasteiger partial charge in [-0.3, -0.25) is 0 Å². The molecule has 1 aliphatic heterocycles. The topological polar surface area (TPSA) is 3.24 Å². The molecule has 1 saturated heterocycles. The van der Waals surface area contributed by atoms with Crippen molar-refractivity contribution in [1.29, 1.82) is 0 Å². The van der Waals surface area contributed by atoms with E-state index in [0.717, 1.165) is 0 Å². The van der Waals surface area contributed by atoms with Crippen molar-refractivity contribution in [3.8, 4) is 0 Å². The Morgan fingerprint density at radius 3 is 1.86 bits per heavy atom. The number of likely N-dealkylation sites (tertiary alicyclic amines) is 1. The van der Waals surface area contributed by atoms with Crippen LogP contribution in [0.15, 0.2) is 11.3 Å². The van der Waals surface area contributed by atoms with Gasteiger partial charge in [0, 0.05) is 18.8 Å². The molecule has 82 valence electrons. The van der Waals surface area contributed by atoms with Gasteiger partial charge in [-0.05, 0) is 44.1 Å². The molecule has 14 heavy (non-hydrogen) atoms. The minimum atomic E-state index is 0.321. The highest BCUT2D eigenvalue weighted by molar-refractivity contribution is 5.15. The van der Waals surface area contributed by atoms with E-state index in [0.29, 0.717) is 5.41 Å². The minimum absolute atomic E-state index is 0.321. The van der Waals surface area contributed by atoms with E-state index < -0.39 is 0 Å². The Kier molecular flexibility index (Phi) is 3.63. The van der Waals surface area contributed by atoms with Gasteiger partial charge in [0.1, 0.15) is 0 Å². The molecule has 1 aliphatic rings. The maximum atomic E-state index is 2.56. The predicted molar refractivity (Wildman–Crippen MR) is 63.3 cm³/mol. The second-order valence-corrected chi connectivity index (χ2v) is 5.51. The molecule has 0 radical (unpaired) electrons. The number of rotatable bonds is 1. The highest BCUT2D eigenvalue weighted by Crippen LogP contribution is 2.29. The summed E-state index contributed by atoms with van der Waals surface area (Å²) in [6, 6.07) is 0. The molecule has 1 heterocycles. The summed E-state index contributed by atoms with van der Waals surface area (Å²) in [5, 5.41) is 0. The largest absolute Gasteiger partial charge is 0.375 e. The molecule has 1 nitrogen and oxygen atoms in total. The molecule has 0 aromatic heterocycles. The van der Waals surface area contributed by atoms with Crippen LogP contribution in [0.4, 0.5) is 0 Å². The molecule has 1 rings (SSSR count).